The Balaban J connectivity index is 1.65. The third-order valence-electron chi connectivity index (χ3n) is 4.38. The lowest BCUT2D eigenvalue weighted by Crippen LogP contribution is -2.38. The van der Waals surface area contributed by atoms with Gasteiger partial charge in [0.15, 0.2) is 0 Å². The predicted molar refractivity (Wildman–Crippen MR) is 102 cm³/mol. The molecule has 3 aromatic rings. The van der Waals surface area contributed by atoms with Gasteiger partial charge in [0.2, 0.25) is 5.91 Å². The summed E-state index contributed by atoms with van der Waals surface area (Å²) in [4.78, 5) is 14.5. The van der Waals surface area contributed by atoms with Crippen molar-refractivity contribution in [3.05, 3.63) is 95.4 Å². The number of nitrogens with zero attached hydrogens (tertiary/aromatic N) is 1. The third kappa shape index (κ3) is 5.50. The summed E-state index contributed by atoms with van der Waals surface area (Å²) >= 11 is 0. The Hall–Kier alpha value is -2.99. The molecule has 146 valence electrons. The van der Waals surface area contributed by atoms with Gasteiger partial charge in [0, 0.05) is 18.2 Å². The molecule has 1 amide bonds. The molecule has 2 aromatic carbocycles. The van der Waals surface area contributed by atoms with Crippen LogP contribution in [-0.2, 0) is 17.9 Å². The Bertz CT molecular complexity index is 898. The fourth-order valence-electron chi connectivity index (χ4n) is 3.05. The van der Waals surface area contributed by atoms with Crippen LogP contribution < -0.4 is 5.32 Å². The summed E-state index contributed by atoms with van der Waals surface area (Å²) in [5.41, 5.74) is 1.31. The van der Waals surface area contributed by atoms with E-state index in [0.29, 0.717) is 13.1 Å². The summed E-state index contributed by atoms with van der Waals surface area (Å²) in [6, 6.07) is 16.2. The van der Waals surface area contributed by atoms with Crippen LogP contribution in [-0.4, -0.2) is 17.4 Å². The summed E-state index contributed by atoms with van der Waals surface area (Å²) in [5, 5.41) is 2.78. The first-order valence-electron chi connectivity index (χ1n) is 9.04. The van der Waals surface area contributed by atoms with Gasteiger partial charge >= 0.3 is 0 Å². The van der Waals surface area contributed by atoms with Crippen LogP contribution in [0.5, 0.6) is 0 Å². The van der Waals surface area contributed by atoms with Crippen molar-refractivity contribution in [2.24, 2.45) is 0 Å². The van der Waals surface area contributed by atoms with E-state index in [1.54, 1.807) is 19.3 Å². The van der Waals surface area contributed by atoms with Crippen LogP contribution in [0.4, 0.5) is 8.78 Å². The van der Waals surface area contributed by atoms with Crippen molar-refractivity contribution in [2.75, 3.05) is 6.54 Å². The van der Waals surface area contributed by atoms with Crippen molar-refractivity contribution in [2.45, 2.75) is 26.1 Å². The van der Waals surface area contributed by atoms with Crippen molar-refractivity contribution in [3.63, 3.8) is 0 Å². The fourth-order valence-corrected chi connectivity index (χ4v) is 3.05. The number of halogens is 2. The number of benzene rings is 2. The smallest absolute Gasteiger partial charge is 0.234 e. The summed E-state index contributed by atoms with van der Waals surface area (Å²) in [6.45, 7) is 2.81. The highest BCUT2D eigenvalue weighted by Crippen LogP contribution is 2.18. The molecule has 1 atom stereocenters. The Labute approximate surface area is 162 Å². The first kappa shape index (κ1) is 19.8. The molecule has 0 radical (unpaired) electrons. The molecule has 28 heavy (non-hydrogen) atoms. The van der Waals surface area contributed by atoms with E-state index in [2.05, 4.69) is 5.32 Å². The molecule has 1 N–H and O–H groups in total. The van der Waals surface area contributed by atoms with Crippen molar-refractivity contribution in [1.29, 1.82) is 0 Å². The molecular formula is C22H22F2N2O2. The lowest BCUT2D eigenvalue weighted by molar-refractivity contribution is -0.123. The zero-order chi connectivity index (χ0) is 19.9. The minimum atomic E-state index is -0.676. The number of amides is 1. The standard InChI is InChI=1S/C22H22F2N2O2/c1-16(20-10-9-18(23)12-21(20)24)25-22(27)15-26(14-19-8-5-11-28-19)13-17-6-3-2-4-7-17/h2-12,16H,13-15H2,1H3,(H,25,27)/t16-/m1/s1. The molecule has 0 spiro atoms. The maximum Gasteiger partial charge on any atom is 0.234 e. The van der Waals surface area contributed by atoms with E-state index in [9.17, 15) is 13.6 Å². The van der Waals surface area contributed by atoms with Gasteiger partial charge in [-0.1, -0.05) is 36.4 Å². The quantitative estimate of drug-likeness (QED) is 0.625. The van der Waals surface area contributed by atoms with E-state index in [0.717, 1.165) is 17.4 Å². The Morgan fingerprint density at radius 3 is 2.54 bits per heavy atom. The molecule has 3 rings (SSSR count). The summed E-state index contributed by atoms with van der Waals surface area (Å²) in [6.07, 6.45) is 1.59. The number of carbonyl (C=O) groups is 1. The zero-order valence-corrected chi connectivity index (χ0v) is 15.6. The number of hydrogen-bond donors (Lipinski definition) is 1. The lowest BCUT2D eigenvalue weighted by Gasteiger charge is -2.22. The molecule has 0 aliphatic heterocycles. The van der Waals surface area contributed by atoms with Crippen LogP contribution in [0.1, 0.15) is 29.9 Å². The van der Waals surface area contributed by atoms with Gasteiger partial charge in [-0.25, -0.2) is 8.78 Å². The molecule has 0 aliphatic rings. The highest BCUT2D eigenvalue weighted by molar-refractivity contribution is 5.78. The second-order valence-corrected chi connectivity index (χ2v) is 6.67. The highest BCUT2D eigenvalue weighted by Gasteiger charge is 2.18. The average molecular weight is 384 g/mol. The molecule has 0 unspecified atom stereocenters. The monoisotopic (exact) mass is 384 g/mol. The van der Waals surface area contributed by atoms with Gasteiger partial charge in [0.25, 0.3) is 0 Å². The molecule has 1 aromatic heterocycles. The number of furan rings is 1. The van der Waals surface area contributed by atoms with Crippen LogP contribution in [0, 0.1) is 11.6 Å². The lowest BCUT2D eigenvalue weighted by atomic mass is 10.1. The van der Waals surface area contributed by atoms with Gasteiger partial charge < -0.3 is 9.73 Å². The molecule has 0 bridgehead atoms. The second kappa shape index (κ2) is 9.28. The van der Waals surface area contributed by atoms with Crippen LogP contribution in [0.2, 0.25) is 0 Å². The molecular weight excluding hydrogens is 362 g/mol. The molecule has 4 nitrogen and oxygen atoms in total. The van der Waals surface area contributed by atoms with Crippen LogP contribution in [0.3, 0.4) is 0 Å². The van der Waals surface area contributed by atoms with Crippen molar-refractivity contribution >= 4 is 5.91 Å². The largest absolute Gasteiger partial charge is 0.468 e. The maximum atomic E-state index is 13.9. The van der Waals surface area contributed by atoms with E-state index in [-0.39, 0.29) is 18.0 Å². The molecule has 0 saturated heterocycles. The number of carbonyl (C=O) groups excluding carboxylic acids is 1. The molecule has 0 saturated carbocycles. The fraction of sp³-hybridized carbons (Fsp3) is 0.227. The van der Waals surface area contributed by atoms with Gasteiger partial charge in [-0.2, -0.15) is 0 Å². The van der Waals surface area contributed by atoms with Crippen LogP contribution >= 0.6 is 0 Å². The number of hydrogen-bond acceptors (Lipinski definition) is 3. The van der Waals surface area contributed by atoms with Gasteiger partial charge in [-0.3, -0.25) is 9.69 Å². The van der Waals surface area contributed by atoms with E-state index < -0.39 is 17.7 Å². The SMILES string of the molecule is C[C@@H](NC(=O)CN(Cc1ccccc1)Cc1ccco1)c1ccc(F)cc1F. The molecule has 1 heterocycles. The number of rotatable bonds is 8. The van der Waals surface area contributed by atoms with E-state index >= 15 is 0 Å². The molecule has 0 fully saturated rings. The van der Waals surface area contributed by atoms with Gasteiger partial charge in [0.05, 0.1) is 25.4 Å². The summed E-state index contributed by atoms with van der Waals surface area (Å²) < 4.78 is 32.4. The minimum Gasteiger partial charge on any atom is -0.468 e. The Morgan fingerprint density at radius 2 is 1.86 bits per heavy atom. The van der Waals surface area contributed by atoms with E-state index in [4.69, 9.17) is 4.42 Å². The topological polar surface area (TPSA) is 45.5 Å². The van der Waals surface area contributed by atoms with Gasteiger partial charge in [0.1, 0.15) is 17.4 Å². The number of nitrogens with one attached hydrogen (secondary N) is 1. The van der Waals surface area contributed by atoms with E-state index in [1.807, 2.05) is 41.3 Å². The molecule has 6 heteroatoms. The van der Waals surface area contributed by atoms with Crippen molar-refractivity contribution in [3.8, 4) is 0 Å². The second-order valence-electron chi connectivity index (χ2n) is 6.67. The van der Waals surface area contributed by atoms with Crippen LogP contribution in [0.15, 0.2) is 71.3 Å². The van der Waals surface area contributed by atoms with Gasteiger partial charge in [-0.15, -0.1) is 0 Å². The first-order chi connectivity index (χ1) is 13.5. The zero-order valence-electron chi connectivity index (χ0n) is 15.6. The molecule has 0 aliphatic carbocycles. The van der Waals surface area contributed by atoms with Crippen molar-refractivity contribution in [1.82, 2.24) is 10.2 Å². The minimum absolute atomic E-state index is 0.114. The maximum absolute atomic E-state index is 13.9. The highest BCUT2D eigenvalue weighted by atomic mass is 19.1. The normalized spacial score (nSPS) is 12.1. The first-order valence-corrected chi connectivity index (χ1v) is 9.04. The average Bonchev–Trinajstić information content (AvgIpc) is 3.15. The summed E-state index contributed by atoms with van der Waals surface area (Å²) in [5.74, 6) is -0.822. The van der Waals surface area contributed by atoms with Crippen molar-refractivity contribution < 1.29 is 18.0 Å². The Kier molecular flexibility index (Phi) is 6.55. The summed E-state index contributed by atoms with van der Waals surface area (Å²) in [7, 11) is 0. The van der Waals surface area contributed by atoms with Crippen LogP contribution in [0.25, 0.3) is 0 Å². The van der Waals surface area contributed by atoms with Gasteiger partial charge in [-0.05, 0) is 30.7 Å². The van der Waals surface area contributed by atoms with E-state index in [1.165, 1.54) is 12.1 Å². The third-order valence-corrected chi connectivity index (χ3v) is 4.38. The predicted octanol–water partition coefficient (Wildman–Crippen LogP) is 4.44. The Morgan fingerprint density at radius 1 is 1.07 bits per heavy atom.